The molecule has 0 bridgehead atoms. The van der Waals surface area contributed by atoms with E-state index in [0.717, 1.165) is 0 Å². The van der Waals surface area contributed by atoms with Crippen LogP contribution < -0.4 is 10.5 Å². The molecule has 0 heterocycles. The zero-order valence-corrected chi connectivity index (χ0v) is 8.74. The van der Waals surface area contributed by atoms with Gasteiger partial charge >= 0.3 is 0 Å². The Hall–Kier alpha value is -1.28. The maximum atomic E-state index is 9.18. The maximum Gasteiger partial charge on any atom is 0.137 e. The minimum atomic E-state index is -0.729. The molecule has 4 nitrogen and oxygen atoms in total. The molecule has 0 radical (unpaired) electrons. The lowest BCUT2D eigenvalue weighted by Gasteiger charge is -2.11. The van der Waals surface area contributed by atoms with Crippen molar-refractivity contribution >= 4 is 11.6 Å². The maximum absolute atomic E-state index is 9.18. The van der Waals surface area contributed by atoms with Crippen LogP contribution in [0.4, 0.5) is 0 Å². The van der Waals surface area contributed by atoms with Crippen LogP contribution in [0.25, 0.3) is 0 Å². The van der Waals surface area contributed by atoms with Crippen molar-refractivity contribution in [3.05, 3.63) is 28.8 Å². The summed E-state index contributed by atoms with van der Waals surface area (Å²) in [5, 5.41) is 18.4. The molecule has 3 N–H and O–H groups in total. The number of halogens is 1. The van der Waals surface area contributed by atoms with Crippen LogP contribution in [0.5, 0.6) is 5.75 Å². The first-order chi connectivity index (χ1) is 7.17. The summed E-state index contributed by atoms with van der Waals surface area (Å²) in [6.07, 6.45) is -0.729. The van der Waals surface area contributed by atoms with Crippen molar-refractivity contribution in [2.75, 3.05) is 13.2 Å². The average molecular weight is 227 g/mol. The van der Waals surface area contributed by atoms with Gasteiger partial charge < -0.3 is 15.6 Å². The van der Waals surface area contributed by atoms with E-state index in [2.05, 4.69) is 0 Å². The topological polar surface area (TPSA) is 79.3 Å². The van der Waals surface area contributed by atoms with E-state index in [1.54, 1.807) is 12.1 Å². The molecule has 0 saturated carbocycles. The van der Waals surface area contributed by atoms with Gasteiger partial charge in [0.25, 0.3) is 0 Å². The van der Waals surface area contributed by atoms with Gasteiger partial charge in [-0.25, -0.2) is 0 Å². The van der Waals surface area contributed by atoms with Crippen molar-refractivity contribution in [2.45, 2.75) is 6.10 Å². The van der Waals surface area contributed by atoms with Gasteiger partial charge in [0.05, 0.1) is 5.56 Å². The van der Waals surface area contributed by atoms with Crippen molar-refractivity contribution in [1.82, 2.24) is 0 Å². The number of rotatable bonds is 4. The molecule has 1 unspecified atom stereocenters. The highest BCUT2D eigenvalue weighted by Gasteiger charge is 2.06. The number of ether oxygens (including phenoxy) is 1. The van der Waals surface area contributed by atoms with Crippen molar-refractivity contribution in [3.8, 4) is 11.8 Å². The Morgan fingerprint density at radius 1 is 1.60 bits per heavy atom. The summed E-state index contributed by atoms with van der Waals surface area (Å²) in [4.78, 5) is 0. The van der Waals surface area contributed by atoms with E-state index in [9.17, 15) is 5.11 Å². The second-order valence-electron chi connectivity index (χ2n) is 2.95. The van der Waals surface area contributed by atoms with Gasteiger partial charge in [0, 0.05) is 11.6 Å². The molecular weight excluding hydrogens is 216 g/mol. The molecule has 0 aliphatic heterocycles. The lowest BCUT2D eigenvalue weighted by molar-refractivity contribution is 0.114. The minimum Gasteiger partial charge on any atom is -0.489 e. The van der Waals surface area contributed by atoms with Gasteiger partial charge in [-0.05, 0) is 18.2 Å². The molecule has 1 atom stereocenters. The first kappa shape index (κ1) is 11.8. The molecule has 0 amide bonds. The summed E-state index contributed by atoms with van der Waals surface area (Å²) in [7, 11) is 0. The van der Waals surface area contributed by atoms with Gasteiger partial charge in [-0.3, -0.25) is 0 Å². The van der Waals surface area contributed by atoms with E-state index in [-0.39, 0.29) is 13.2 Å². The molecule has 1 aromatic rings. The van der Waals surface area contributed by atoms with Gasteiger partial charge in [-0.2, -0.15) is 5.26 Å². The lowest BCUT2D eigenvalue weighted by atomic mass is 10.2. The van der Waals surface area contributed by atoms with Crippen LogP contribution >= 0.6 is 11.6 Å². The molecule has 5 heteroatoms. The zero-order chi connectivity index (χ0) is 11.3. The first-order valence-corrected chi connectivity index (χ1v) is 4.75. The third kappa shape index (κ3) is 3.40. The fourth-order valence-corrected chi connectivity index (χ4v) is 1.14. The quantitative estimate of drug-likeness (QED) is 0.800. The Kier molecular flexibility index (Phi) is 4.37. The van der Waals surface area contributed by atoms with Crippen LogP contribution in [-0.2, 0) is 0 Å². The standard InChI is InChI=1S/C10H11ClN2O2/c11-8-1-2-10(7(3-8)4-12)15-6-9(14)5-13/h1-3,9,14H,5-6,13H2. The summed E-state index contributed by atoms with van der Waals surface area (Å²) in [5.74, 6) is 0.398. The number of aliphatic hydroxyl groups is 1. The van der Waals surface area contributed by atoms with Gasteiger partial charge in [-0.1, -0.05) is 11.6 Å². The Bertz CT molecular complexity index is 376. The number of nitrogens with two attached hydrogens (primary N) is 1. The third-order valence-corrected chi connectivity index (χ3v) is 2.00. The highest BCUT2D eigenvalue weighted by molar-refractivity contribution is 6.30. The summed E-state index contributed by atoms with van der Waals surface area (Å²) >= 11 is 5.71. The lowest BCUT2D eigenvalue weighted by Crippen LogP contribution is -2.26. The summed E-state index contributed by atoms with van der Waals surface area (Å²) in [6.45, 7) is 0.183. The van der Waals surface area contributed by atoms with Gasteiger partial charge in [0.15, 0.2) is 0 Å². The summed E-state index contributed by atoms with van der Waals surface area (Å²) < 4.78 is 5.22. The van der Waals surface area contributed by atoms with Crippen LogP contribution in [0.3, 0.4) is 0 Å². The molecule has 0 aliphatic carbocycles. The summed E-state index contributed by atoms with van der Waals surface area (Å²) in [6, 6.07) is 6.67. The van der Waals surface area contributed by atoms with Gasteiger partial charge in [0.2, 0.25) is 0 Å². The second kappa shape index (κ2) is 5.56. The van der Waals surface area contributed by atoms with E-state index in [1.165, 1.54) is 6.07 Å². The second-order valence-corrected chi connectivity index (χ2v) is 3.39. The molecule has 80 valence electrons. The Morgan fingerprint density at radius 3 is 2.93 bits per heavy atom. The van der Waals surface area contributed by atoms with Gasteiger partial charge in [0.1, 0.15) is 24.5 Å². The van der Waals surface area contributed by atoms with Crippen molar-refractivity contribution < 1.29 is 9.84 Å². The molecule has 0 spiro atoms. The Balaban J connectivity index is 2.73. The molecule has 0 fully saturated rings. The zero-order valence-electron chi connectivity index (χ0n) is 7.98. The molecule has 1 rings (SSSR count). The average Bonchev–Trinajstić information content (AvgIpc) is 2.26. The Labute approximate surface area is 92.8 Å². The molecule has 0 aromatic heterocycles. The van der Waals surface area contributed by atoms with Crippen molar-refractivity contribution in [2.24, 2.45) is 5.73 Å². The van der Waals surface area contributed by atoms with Crippen LogP contribution in [-0.4, -0.2) is 24.4 Å². The SMILES string of the molecule is N#Cc1cc(Cl)ccc1OCC(O)CN. The molecule has 0 aliphatic rings. The van der Waals surface area contributed by atoms with E-state index >= 15 is 0 Å². The molecular formula is C10H11ClN2O2. The number of aliphatic hydroxyl groups excluding tert-OH is 1. The normalized spacial score (nSPS) is 11.9. The Morgan fingerprint density at radius 2 is 2.33 bits per heavy atom. The smallest absolute Gasteiger partial charge is 0.137 e. The van der Waals surface area contributed by atoms with Gasteiger partial charge in [-0.15, -0.1) is 0 Å². The molecule has 15 heavy (non-hydrogen) atoms. The first-order valence-electron chi connectivity index (χ1n) is 4.38. The van der Waals surface area contributed by atoms with Crippen LogP contribution in [0, 0.1) is 11.3 Å². The number of nitriles is 1. The van der Waals surface area contributed by atoms with Crippen molar-refractivity contribution in [3.63, 3.8) is 0 Å². The molecule has 1 aromatic carbocycles. The largest absolute Gasteiger partial charge is 0.489 e. The van der Waals surface area contributed by atoms with Crippen LogP contribution in [0.15, 0.2) is 18.2 Å². The van der Waals surface area contributed by atoms with Crippen LogP contribution in [0.1, 0.15) is 5.56 Å². The number of nitrogens with zero attached hydrogens (tertiary/aromatic N) is 1. The minimum absolute atomic E-state index is 0.0623. The summed E-state index contributed by atoms with van der Waals surface area (Å²) in [5.41, 5.74) is 5.55. The monoisotopic (exact) mass is 226 g/mol. The number of benzene rings is 1. The highest BCUT2D eigenvalue weighted by Crippen LogP contribution is 2.21. The highest BCUT2D eigenvalue weighted by atomic mass is 35.5. The predicted octanol–water partition coefficient (Wildman–Crippen LogP) is 0.910. The number of hydrogen-bond acceptors (Lipinski definition) is 4. The number of hydrogen-bond donors (Lipinski definition) is 2. The van der Waals surface area contributed by atoms with Crippen LogP contribution in [0.2, 0.25) is 5.02 Å². The molecule has 0 saturated heterocycles. The van der Waals surface area contributed by atoms with E-state index in [1.807, 2.05) is 6.07 Å². The van der Waals surface area contributed by atoms with Crippen molar-refractivity contribution in [1.29, 1.82) is 5.26 Å². The fourth-order valence-electron chi connectivity index (χ4n) is 0.969. The predicted molar refractivity (Wildman–Crippen MR) is 56.7 cm³/mol. The van der Waals surface area contributed by atoms with E-state index in [0.29, 0.717) is 16.3 Å². The van der Waals surface area contributed by atoms with E-state index < -0.39 is 6.10 Å². The third-order valence-electron chi connectivity index (χ3n) is 1.77. The fraction of sp³-hybridized carbons (Fsp3) is 0.300. The van der Waals surface area contributed by atoms with E-state index in [4.69, 9.17) is 27.3 Å².